The van der Waals surface area contributed by atoms with Crippen LogP contribution in [-0.4, -0.2) is 17.0 Å². The van der Waals surface area contributed by atoms with E-state index in [0.717, 1.165) is 18.6 Å². The predicted octanol–water partition coefficient (Wildman–Crippen LogP) is 6.54. The normalized spacial score (nSPS) is 13.8. The smallest absolute Gasteiger partial charge is 0.248 e. The minimum Gasteiger partial charge on any atom is -0.316 e. The highest BCUT2D eigenvalue weighted by atomic mass is 32.9. The van der Waals surface area contributed by atoms with Crippen LogP contribution in [0.4, 0.5) is 0 Å². The molecule has 0 aliphatic rings. The van der Waals surface area contributed by atoms with Crippen LogP contribution in [0.25, 0.3) is 0 Å². The molecule has 0 aromatic heterocycles. The molecule has 5 heteroatoms. The Balaban J connectivity index is 4.80. The van der Waals surface area contributed by atoms with Crippen LogP contribution in [0.3, 0.4) is 0 Å². The highest BCUT2D eigenvalue weighted by molar-refractivity contribution is 8.67. The van der Waals surface area contributed by atoms with Crippen LogP contribution in [0.2, 0.25) is 0 Å². The number of rotatable bonds is 11. The van der Waals surface area contributed by atoms with E-state index in [1.807, 2.05) is 0 Å². The van der Waals surface area contributed by atoms with Crippen molar-refractivity contribution in [3.05, 3.63) is 0 Å². The van der Waals surface area contributed by atoms with E-state index in [4.69, 9.17) is 20.9 Å². The lowest BCUT2D eigenvalue weighted by molar-refractivity contribution is 0.0562. The van der Waals surface area contributed by atoms with Crippen LogP contribution in [0, 0.1) is 0 Å². The Morgan fingerprint density at radius 3 is 1.70 bits per heavy atom. The van der Waals surface area contributed by atoms with Crippen molar-refractivity contribution in [2.75, 3.05) is 5.75 Å². The van der Waals surface area contributed by atoms with Crippen LogP contribution in [0.15, 0.2) is 0 Å². The number of unbranched alkanes of at least 4 members (excludes halogenated alkanes) is 2. The van der Waals surface area contributed by atoms with E-state index in [0.29, 0.717) is 0 Å². The van der Waals surface area contributed by atoms with Crippen molar-refractivity contribution in [2.24, 2.45) is 0 Å². The molecule has 0 heterocycles. The van der Waals surface area contributed by atoms with Gasteiger partial charge in [-0.05, 0) is 58.8 Å². The molecule has 0 amide bonds. The van der Waals surface area contributed by atoms with Crippen molar-refractivity contribution in [2.45, 2.75) is 91.8 Å². The van der Waals surface area contributed by atoms with Gasteiger partial charge in [0, 0.05) is 5.75 Å². The summed E-state index contributed by atoms with van der Waals surface area (Å²) in [6, 6.07) is 0. The van der Waals surface area contributed by atoms with Gasteiger partial charge in [-0.15, -0.1) is 0 Å². The lowest BCUT2D eigenvalue weighted by Gasteiger charge is -2.36. The van der Waals surface area contributed by atoms with Crippen molar-refractivity contribution in [3.63, 3.8) is 0 Å². The Labute approximate surface area is 135 Å². The molecule has 0 aliphatic carbocycles. The summed E-state index contributed by atoms with van der Waals surface area (Å²) in [5, 5.41) is 0. The van der Waals surface area contributed by atoms with E-state index in [1.165, 1.54) is 19.3 Å². The molecule has 0 fully saturated rings. The van der Waals surface area contributed by atoms with E-state index >= 15 is 0 Å². The second-order valence-corrected chi connectivity index (χ2v) is 12.7. The summed E-state index contributed by atoms with van der Waals surface area (Å²) in [5.74, 6) is 1.03. The molecule has 0 rings (SSSR count). The average molecular weight is 341 g/mol. The molecule has 0 atom stereocenters. The van der Waals surface area contributed by atoms with Crippen LogP contribution in [0.5, 0.6) is 0 Å². The fourth-order valence-electron chi connectivity index (χ4n) is 1.33. The van der Waals surface area contributed by atoms with Crippen LogP contribution >= 0.6 is 17.1 Å². The van der Waals surface area contributed by atoms with E-state index < -0.39 is 5.69 Å². The zero-order chi connectivity index (χ0) is 15.9. The van der Waals surface area contributed by atoms with Crippen molar-refractivity contribution in [1.82, 2.24) is 0 Å². The first kappa shape index (κ1) is 20.9. The monoisotopic (exact) mass is 340 g/mol. The molecule has 20 heavy (non-hydrogen) atoms. The molecule has 0 radical (unpaired) electrons. The fourth-order valence-corrected chi connectivity index (χ4v) is 7.97. The average Bonchev–Trinajstić information content (AvgIpc) is 2.33. The Morgan fingerprint density at radius 1 is 0.900 bits per heavy atom. The van der Waals surface area contributed by atoms with Gasteiger partial charge in [0.15, 0.2) is 0 Å². The first-order valence-corrected chi connectivity index (χ1v) is 12.0. The maximum Gasteiger partial charge on any atom is 0.248 e. The molecule has 0 saturated carbocycles. The standard InChI is InChI=1S/C15H33O2PS2/c1-8-11-12-13-20-18(19,16-14(4,5)9-2)17-15(6,7)10-3/h8-13H2,1-7H3. The zero-order valence-electron chi connectivity index (χ0n) is 14.3. The highest BCUT2D eigenvalue weighted by Crippen LogP contribution is 2.65. The van der Waals surface area contributed by atoms with Crippen LogP contribution < -0.4 is 0 Å². The molecule has 122 valence electrons. The Morgan fingerprint density at radius 2 is 1.35 bits per heavy atom. The fraction of sp³-hybridized carbons (Fsp3) is 1.00. The summed E-state index contributed by atoms with van der Waals surface area (Å²) in [7, 11) is 0. The van der Waals surface area contributed by atoms with Crippen LogP contribution in [-0.2, 0) is 20.9 Å². The van der Waals surface area contributed by atoms with Crippen LogP contribution in [0.1, 0.15) is 80.6 Å². The summed E-state index contributed by atoms with van der Waals surface area (Å²) in [4.78, 5) is 0. The second kappa shape index (κ2) is 9.15. The first-order chi connectivity index (χ1) is 9.10. The van der Waals surface area contributed by atoms with Gasteiger partial charge >= 0.3 is 0 Å². The molecule has 0 aromatic rings. The largest absolute Gasteiger partial charge is 0.316 e. The quantitative estimate of drug-likeness (QED) is 0.313. The molecule has 0 aliphatic heterocycles. The summed E-state index contributed by atoms with van der Waals surface area (Å²) in [5.41, 5.74) is -2.71. The van der Waals surface area contributed by atoms with Gasteiger partial charge in [0.1, 0.15) is 0 Å². The van der Waals surface area contributed by atoms with E-state index in [9.17, 15) is 0 Å². The minimum atomic E-state index is -2.29. The topological polar surface area (TPSA) is 18.5 Å². The Hall–Kier alpha value is 0.920. The first-order valence-electron chi connectivity index (χ1n) is 7.76. The molecule has 2 nitrogen and oxygen atoms in total. The summed E-state index contributed by atoms with van der Waals surface area (Å²) < 4.78 is 12.5. The summed E-state index contributed by atoms with van der Waals surface area (Å²) >= 11 is 7.54. The van der Waals surface area contributed by atoms with Gasteiger partial charge in [0.25, 0.3) is 0 Å². The number of hydrogen-bond donors (Lipinski definition) is 0. The van der Waals surface area contributed by atoms with E-state index in [2.05, 4.69) is 48.5 Å². The Bertz CT molecular complexity index is 295. The summed E-state index contributed by atoms with van der Waals surface area (Å²) in [6.07, 6.45) is 5.54. The molecule has 0 aromatic carbocycles. The third-order valence-corrected chi connectivity index (χ3v) is 8.98. The predicted molar refractivity (Wildman–Crippen MR) is 97.2 cm³/mol. The molecular formula is C15H33O2PS2. The third kappa shape index (κ3) is 9.04. The van der Waals surface area contributed by atoms with Crippen molar-refractivity contribution < 1.29 is 9.05 Å². The Kier molecular flexibility index (Phi) is 9.57. The second-order valence-electron chi connectivity index (χ2n) is 6.40. The van der Waals surface area contributed by atoms with Gasteiger partial charge in [0.2, 0.25) is 5.69 Å². The van der Waals surface area contributed by atoms with Gasteiger partial charge < -0.3 is 9.05 Å². The van der Waals surface area contributed by atoms with E-state index in [1.54, 1.807) is 11.4 Å². The van der Waals surface area contributed by atoms with Gasteiger partial charge in [-0.3, -0.25) is 0 Å². The lowest BCUT2D eigenvalue weighted by Crippen LogP contribution is -2.26. The maximum atomic E-state index is 6.26. The SMILES string of the molecule is CCCCCSP(=S)(OC(C)(C)CC)OC(C)(C)CC. The lowest BCUT2D eigenvalue weighted by atomic mass is 10.1. The van der Waals surface area contributed by atoms with Gasteiger partial charge in [-0.2, -0.15) is 0 Å². The van der Waals surface area contributed by atoms with Gasteiger partial charge in [-0.25, -0.2) is 0 Å². The van der Waals surface area contributed by atoms with Gasteiger partial charge in [0.05, 0.1) is 11.2 Å². The van der Waals surface area contributed by atoms with Crippen molar-refractivity contribution >= 4 is 28.9 Å². The molecule has 0 saturated heterocycles. The minimum absolute atomic E-state index is 0.211. The summed E-state index contributed by atoms with van der Waals surface area (Å²) in [6.45, 7) is 14.9. The molecular weight excluding hydrogens is 307 g/mol. The highest BCUT2D eigenvalue weighted by Gasteiger charge is 2.34. The zero-order valence-corrected chi connectivity index (χ0v) is 16.9. The maximum absolute atomic E-state index is 6.26. The van der Waals surface area contributed by atoms with Crippen molar-refractivity contribution in [3.8, 4) is 0 Å². The molecule has 0 N–H and O–H groups in total. The molecule has 0 unspecified atom stereocenters. The number of hydrogen-bond acceptors (Lipinski definition) is 4. The molecule has 0 spiro atoms. The third-order valence-electron chi connectivity index (χ3n) is 3.42. The van der Waals surface area contributed by atoms with Crippen molar-refractivity contribution in [1.29, 1.82) is 0 Å². The van der Waals surface area contributed by atoms with E-state index in [-0.39, 0.29) is 11.2 Å². The van der Waals surface area contributed by atoms with Gasteiger partial charge in [-0.1, -0.05) is 45.0 Å². The molecule has 0 bridgehead atoms.